The molecule has 0 amide bonds. The van der Waals surface area contributed by atoms with Gasteiger partial charge in [-0.1, -0.05) is 29.2 Å². The van der Waals surface area contributed by atoms with Crippen molar-refractivity contribution in [3.8, 4) is 6.07 Å². The topological polar surface area (TPSA) is 54.0 Å². The minimum atomic E-state index is 0.736. The van der Waals surface area contributed by atoms with Crippen LogP contribution in [0.1, 0.15) is 11.1 Å². The summed E-state index contributed by atoms with van der Waals surface area (Å²) in [5.41, 5.74) is 4.44. The van der Waals surface area contributed by atoms with Crippen LogP contribution >= 0.6 is 23.1 Å². The molecular formula is C12H8N4S2. The monoisotopic (exact) mass is 272 g/mol. The summed E-state index contributed by atoms with van der Waals surface area (Å²) in [6, 6.07) is 8.13. The molecule has 3 rings (SSSR count). The highest BCUT2D eigenvalue weighted by molar-refractivity contribution is 8.00. The van der Waals surface area contributed by atoms with E-state index in [0.29, 0.717) is 0 Å². The molecule has 3 heterocycles. The van der Waals surface area contributed by atoms with Gasteiger partial charge in [-0.15, -0.1) is 10.2 Å². The van der Waals surface area contributed by atoms with Gasteiger partial charge in [0.25, 0.3) is 0 Å². The van der Waals surface area contributed by atoms with Crippen LogP contribution < -0.4 is 0 Å². The Bertz CT molecular complexity index is 709. The zero-order valence-corrected chi connectivity index (χ0v) is 10.9. The van der Waals surface area contributed by atoms with Crippen LogP contribution in [-0.4, -0.2) is 14.6 Å². The molecule has 0 spiro atoms. The van der Waals surface area contributed by atoms with Crippen molar-refractivity contribution in [3.63, 3.8) is 0 Å². The SMILES string of the molecule is N#Cc1c(CSc2nncs2)cn2ccccc12. The van der Waals surface area contributed by atoms with Crippen LogP contribution in [-0.2, 0) is 5.75 Å². The fourth-order valence-corrected chi connectivity index (χ4v) is 3.24. The summed E-state index contributed by atoms with van der Waals surface area (Å²) >= 11 is 3.12. The summed E-state index contributed by atoms with van der Waals surface area (Å²) < 4.78 is 2.91. The van der Waals surface area contributed by atoms with Crippen LogP contribution in [0.4, 0.5) is 0 Å². The first-order valence-corrected chi connectivity index (χ1v) is 7.12. The highest BCUT2D eigenvalue weighted by Gasteiger charge is 2.10. The molecule has 0 radical (unpaired) electrons. The number of thioether (sulfide) groups is 1. The van der Waals surface area contributed by atoms with Gasteiger partial charge in [0.1, 0.15) is 11.6 Å². The largest absolute Gasteiger partial charge is 0.322 e. The van der Waals surface area contributed by atoms with Crippen LogP contribution in [0.3, 0.4) is 0 Å². The van der Waals surface area contributed by atoms with Crippen LogP contribution in [0.5, 0.6) is 0 Å². The van der Waals surface area contributed by atoms with E-state index in [0.717, 1.165) is 26.7 Å². The maximum Gasteiger partial charge on any atom is 0.174 e. The van der Waals surface area contributed by atoms with E-state index < -0.39 is 0 Å². The van der Waals surface area contributed by atoms with Crippen LogP contribution in [0.25, 0.3) is 5.52 Å². The Morgan fingerprint density at radius 3 is 3.17 bits per heavy atom. The van der Waals surface area contributed by atoms with E-state index in [9.17, 15) is 5.26 Å². The molecule has 88 valence electrons. The Hall–Kier alpha value is -1.84. The molecule has 0 saturated heterocycles. The van der Waals surface area contributed by atoms with Gasteiger partial charge in [0.15, 0.2) is 4.34 Å². The van der Waals surface area contributed by atoms with E-state index in [2.05, 4.69) is 16.3 Å². The number of hydrogen-bond acceptors (Lipinski definition) is 5. The molecule has 0 N–H and O–H groups in total. The summed E-state index contributed by atoms with van der Waals surface area (Å²) in [7, 11) is 0. The first-order chi connectivity index (χ1) is 8.88. The average molecular weight is 272 g/mol. The van der Waals surface area contributed by atoms with Crippen molar-refractivity contribution in [1.29, 1.82) is 5.26 Å². The average Bonchev–Trinajstić information content (AvgIpc) is 3.03. The third-order valence-electron chi connectivity index (χ3n) is 2.57. The molecule has 4 nitrogen and oxygen atoms in total. The van der Waals surface area contributed by atoms with Gasteiger partial charge in [-0.3, -0.25) is 0 Å². The normalized spacial score (nSPS) is 10.6. The first-order valence-electron chi connectivity index (χ1n) is 5.26. The molecule has 6 heteroatoms. The molecule has 0 atom stereocenters. The van der Waals surface area contributed by atoms with E-state index in [1.54, 1.807) is 17.3 Å². The number of hydrogen-bond donors (Lipinski definition) is 0. The van der Waals surface area contributed by atoms with Gasteiger partial charge < -0.3 is 4.40 Å². The molecule has 0 aromatic carbocycles. The molecule has 0 aliphatic heterocycles. The summed E-state index contributed by atoms with van der Waals surface area (Å²) in [6.07, 6.45) is 3.96. The molecule has 0 saturated carbocycles. The van der Waals surface area contributed by atoms with Gasteiger partial charge in [-0.2, -0.15) is 5.26 Å². The maximum atomic E-state index is 9.26. The van der Waals surface area contributed by atoms with Crippen molar-refractivity contribution < 1.29 is 0 Å². The Morgan fingerprint density at radius 2 is 2.39 bits per heavy atom. The van der Waals surface area contributed by atoms with Crippen molar-refractivity contribution in [1.82, 2.24) is 14.6 Å². The summed E-state index contributed by atoms with van der Waals surface area (Å²) in [4.78, 5) is 0. The maximum absolute atomic E-state index is 9.26. The Morgan fingerprint density at radius 1 is 1.44 bits per heavy atom. The molecule has 18 heavy (non-hydrogen) atoms. The second-order valence-corrected chi connectivity index (χ2v) is 5.68. The standard InChI is InChI=1S/C12H8N4S2/c13-5-10-9(7-17-12-15-14-8-18-12)6-16-4-2-1-3-11(10)16/h1-4,6,8H,7H2. The summed E-state index contributed by atoms with van der Waals surface area (Å²) in [5.74, 6) is 0.736. The number of nitriles is 1. The molecular weight excluding hydrogens is 264 g/mol. The molecule has 0 aliphatic carbocycles. The quantitative estimate of drug-likeness (QED) is 0.688. The molecule has 0 unspecified atom stereocenters. The lowest BCUT2D eigenvalue weighted by atomic mass is 10.2. The van der Waals surface area contributed by atoms with Crippen LogP contribution in [0, 0.1) is 11.3 Å². The van der Waals surface area contributed by atoms with Gasteiger partial charge in [0.2, 0.25) is 0 Å². The lowest BCUT2D eigenvalue weighted by Crippen LogP contribution is -1.81. The zero-order chi connectivity index (χ0) is 12.4. The zero-order valence-electron chi connectivity index (χ0n) is 9.28. The molecule has 3 aromatic heterocycles. The van der Waals surface area contributed by atoms with Gasteiger partial charge >= 0.3 is 0 Å². The molecule has 0 bridgehead atoms. The van der Waals surface area contributed by atoms with Gasteiger partial charge in [-0.05, 0) is 17.7 Å². The van der Waals surface area contributed by atoms with Crippen molar-refractivity contribution >= 4 is 28.6 Å². The molecule has 3 aromatic rings. The first kappa shape index (κ1) is 11.3. The second kappa shape index (κ2) is 4.80. The van der Waals surface area contributed by atoms with Crippen molar-refractivity contribution in [3.05, 3.63) is 47.2 Å². The fourth-order valence-electron chi connectivity index (χ4n) is 1.78. The van der Waals surface area contributed by atoms with E-state index >= 15 is 0 Å². The Balaban J connectivity index is 1.94. The minimum absolute atomic E-state index is 0.736. The van der Waals surface area contributed by atoms with Crippen molar-refractivity contribution in [2.45, 2.75) is 10.1 Å². The van der Waals surface area contributed by atoms with Crippen LogP contribution in [0.2, 0.25) is 0 Å². The third-order valence-corrected chi connectivity index (χ3v) is 4.47. The lowest BCUT2D eigenvalue weighted by Gasteiger charge is -1.94. The van der Waals surface area contributed by atoms with Crippen molar-refractivity contribution in [2.75, 3.05) is 0 Å². The number of aromatic nitrogens is 3. The Kier molecular flexibility index (Phi) is 3.00. The smallest absolute Gasteiger partial charge is 0.174 e. The lowest BCUT2D eigenvalue weighted by molar-refractivity contribution is 1.01. The van der Waals surface area contributed by atoms with E-state index in [1.807, 2.05) is 35.0 Å². The number of rotatable bonds is 3. The second-order valence-electron chi connectivity index (χ2n) is 3.63. The predicted octanol–water partition coefficient (Wildman–Crippen LogP) is 2.95. The molecule has 0 aliphatic rings. The Labute approximate surface area is 112 Å². The highest BCUT2D eigenvalue weighted by atomic mass is 32.2. The van der Waals surface area contributed by atoms with Gasteiger partial charge in [0, 0.05) is 18.1 Å². The van der Waals surface area contributed by atoms with Crippen molar-refractivity contribution in [2.24, 2.45) is 0 Å². The fraction of sp³-hybridized carbons (Fsp3) is 0.0833. The van der Waals surface area contributed by atoms with Crippen LogP contribution in [0.15, 0.2) is 40.4 Å². The minimum Gasteiger partial charge on any atom is -0.322 e. The van der Waals surface area contributed by atoms with E-state index in [4.69, 9.17) is 0 Å². The molecule has 0 fully saturated rings. The summed E-state index contributed by atoms with van der Waals surface area (Å²) in [5, 5.41) is 17.0. The predicted molar refractivity (Wildman–Crippen MR) is 71.6 cm³/mol. The number of nitrogens with zero attached hydrogens (tertiary/aromatic N) is 4. The van der Waals surface area contributed by atoms with Gasteiger partial charge in [-0.25, -0.2) is 0 Å². The third kappa shape index (κ3) is 1.98. The number of pyridine rings is 1. The van der Waals surface area contributed by atoms with E-state index in [1.165, 1.54) is 11.3 Å². The highest BCUT2D eigenvalue weighted by Crippen LogP contribution is 2.27. The number of fused-ring (bicyclic) bond motifs is 1. The van der Waals surface area contributed by atoms with Gasteiger partial charge in [0.05, 0.1) is 11.1 Å². The van der Waals surface area contributed by atoms with E-state index in [-0.39, 0.29) is 0 Å². The summed E-state index contributed by atoms with van der Waals surface area (Å²) in [6.45, 7) is 0.